The van der Waals surface area contributed by atoms with E-state index >= 15 is 0 Å². The Morgan fingerprint density at radius 2 is 1.82 bits per heavy atom. The molecule has 1 aromatic rings. The van der Waals surface area contributed by atoms with E-state index in [2.05, 4.69) is 10.6 Å². The van der Waals surface area contributed by atoms with Crippen molar-refractivity contribution in [3.05, 3.63) is 29.8 Å². The van der Waals surface area contributed by atoms with Gasteiger partial charge in [-0.3, -0.25) is 10.1 Å². The van der Waals surface area contributed by atoms with Gasteiger partial charge in [-0.15, -0.1) is 0 Å². The molecule has 6 heteroatoms. The first-order valence-electron chi connectivity index (χ1n) is 7.30. The number of hydrogen-bond acceptors (Lipinski definition) is 4. The standard InChI is InChI=1S/C16H22N2O4/c1-3-10-17-16(21)18-15(20)11-22-14-8-6-13(7-9-14)5-4-12(2)19/h6-9H,3-5,10-11H2,1-2H3,(H2,17,18,20,21). The zero-order chi connectivity index (χ0) is 16.4. The molecule has 0 fully saturated rings. The molecule has 0 heterocycles. The van der Waals surface area contributed by atoms with Gasteiger partial charge in [-0.2, -0.15) is 0 Å². The van der Waals surface area contributed by atoms with Crippen LogP contribution < -0.4 is 15.4 Å². The summed E-state index contributed by atoms with van der Waals surface area (Å²) in [7, 11) is 0. The van der Waals surface area contributed by atoms with Crippen LogP contribution in [0.4, 0.5) is 4.79 Å². The fraction of sp³-hybridized carbons (Fsp3) is 0.438. The lowest BCUT2D eigenvalue weighted by Crippen LogP contribution is -2.41. The molecule has 120 valence electrons. The molecule has 0 atom stereocenters. The molecule has 0 aliphatic carbocycles. The fourth-order valence-corrected chi connectivity index (χ4v) is 1.67. The van der Waals surface area contributed by atoms with Crippen molar-refractivity contribution in [2.45, 2.75) is 33.1 Å². The number of ether oxygens (including phenoxy) is 1. The molecule has 6 nitrogen and oxygen atoms in total. The van der Waals surface area contributed by atoms with Crippen molar-refractivity contribution in [3.8, 4) is 5.75 Å². The molecule has 0 unspecified atom stereocenters. The van der Waals surface area contributed by atoms with E-state index in [4.69, 9.17) is 4.74 Å². The summed E-state index contributed by atoms with van der Waals surface area (Å²) in [5.41, 5.74) is 1.03. The van der Waals surface area contributed by atoms with E-state index in [1.165, 1.54) is 0 Å². The molecule has 22 heavy (non-hydrogen) atoms. The van der Waals surface area contributed by atoms with Crippen LogP contribution in [0, 0.1) is 0 Å². The van der Waals surface area contributed by atoms with Crippen molar-refractivity contribution in [1.29, 1.82) is 0 Å². The summed E-state index contributed by atoms with van der Waals surface area (Å²) >= 11 is 0. The van der Waals surface area contributed by atoms with Crippen LogP contribution in [0.3, 0.4) is 0 Å². The predicted octanol–water partition coefficient (Wildman–Crippen LogP) is 1.82. The molecule has 0 bridgehead atoms. The van der Waals surface area contributed by atoms with Gasteiger partial charge in [-0.1, -0.05) is 19.1 Å². The highest BCUT2D eigenvalue weighted by atomic mass is 16.5. The van der Waals surface area contributed by atoms with Gasteiger partial charge in [0, 0.05) is 13.0 Å². The van der Waals surface area contributed by atoms with Crippen LogP contribution in [-0.4, -0.2) is 30.9 Å². The Morgan fingerprint density at radius 1 is 1.14 bits per heavy atom. The van der Waals surface area contributed by atoms with E-state index < -0.39 is 11.9 Å². The number of carbonyl (C=O) groups excluding carboxylic acids is 3. The first-order chi connectivity index (χ1) is 10.5. The van der Waals surface area contributed by atoms with Crippen molar-refractivity contribution in [1.82, 2.24) is 10.6 Å². The third-order valence-corrected chi connectivity index (χ3v) is 2.85. The summed E-state index contributed by atoms with van der Waals surface area (Å²) < 4.78 is 5.29. The Hall–Kier alpha value is -2.37. The number of ketones is 1. The summed E-state index contributed by atoms with van der Waals surface area (Å²) in [6.45, 7) is 3.77. The summed E-state index contributed by atoms with van der Waals surface area (Å²) in [4.78, 5) is 33.7. The molecule has 0 aliphatic rings. The van der Waals surface area contributed by atoms with E-state index in [1.54, 1.807) is 19.1 Å². The van der Waals surface area contributed by atoms with Gasteiger partial charge in [0.2, 0.25) is 0 Å². The number of urea groups is 1. The van der Waals surface area contributed by atoms with Gasteiger partial charge in [0.25, 0.3) is 5.91 Å². The average Bonchev–Trinajstić information content (AvgIpc) is 2.49. The summed E-state index contributed by atoms with van der Waals surface area (Å²) in [5.74, 6) is 0.184. The Bertz CT molecular complexity index is 511. The van der Waals surface area contributed by atoms with Crippen molar-refractivity contribution < 1.29 is 19.1 Å². The highest BCUT2D eigenvalue weighted by Crippen LogP contribution is 2.13. The van der Waals surface area contributed by atoms with E-state index in [0.717, 1.165) is 12.0 Å². The van der Waals surface area contributed by atoms with Crippen molar-refractivity contribution in [2.24, 2.45) is 0 Å². The zero-order valence-electron chi connectivity index (χ0n) is 13.0. The van der Waals surface area contributed by atoms with E-state index in [1.807, 2.05) is 19.1 Å². The number of rotatable bonds is 8. The number of imide groups is 1. The summed E-state index contributed by atoms with van der Waals surface area (Å²) in [6, 6.07) is 6.66. The highest BCUT2D eigenvalue weighted by Gasteiger charge is 2.07. The van der Waals surface area contributed by atoms with E-state index in [9.17, 15) is 14.4 Å². The monoisotopic (exact) mass is 306 g/mol. The van der Waals surface area contributed by atoms with Crippen molar-refractivity contribution in [2.75, 3.05) is 13.2 Å². The first kappa shape index (κ1) is 17.7. The summed E-state index contributed by atoms with van der Waals surface area (Å²) in [6.07, 6.45) is 2.00. The van der Waals surface area contributed by atoms with E-state index in [0.29, 0.717) is 25.1 Å². The maximum Gasteiger partial charge on any atom is 0.321 e. The van der Waals surface area contributed by atoms with Crippen LogP contribution in [0.5, 0.6) is 5.75 Å². The molecule has 0 spiro atoms. The van der Waals surface area contributed by atoms with Crippen LogP contribution in [-0.2, 0) is 16.0 Å². The SMILES string of the molecule is CCCNC(=O)NC(=O)COc1ccc(CCC(C)=O)cc1. The number of amides is 3. The van der Waals surface area contributed by atoms with E-state index in [-0.39, 0.29) is 12.4 Å². The topological polar surface area (TPSA) is 84.5 Å². The molecule has 0 radical (unpaired) electrons. The second-order valence-electron chi connectivity index (χ2n) is 4.94. The average molecular weight is 306 g/mol. The lowest BCUT2D eigenvalue weighted by Gasteiger charge is -2.08. The molecule has 2 N–H and O–H groups in total. The molecule has 1 rings (SSSR count). The third kappa shape index (κ3) is 7.42. The Labute approximate surface area is 130 Å². The van der Waals surface area contributed by atoms with Crippen LogP contribution in [0.15, 0.2) is 24.3 Å². The Balaban J connectivity index is 2.33. The van der Waals surface area contributed by atoms with Gasteiger partial charge in [0.05, 0.1) is 0 Å². The van der Waals surface area contributed by atoms with Crippen molar-refractivity contribution >= 4 is 17.7 Å². The van der Waals surface area contributed by atoms with Crippen molar-refractivity contribution in [3.63, 3.8) is 0 Å². The Morgan fingerprint density at radius 3 is 2.41 bits per heavy atom. The highest BCUT2D eigenvalue weighted by molar-refractivity contribution is 5.94. The second-order valence-corrected chi connectivity index (χ2v) is 4.94. The van der Waals surface area contributed by atoms with Gasteiger partial charge in [0.1, 0.15) is 11.5 Å². The third-order valence-electron chi connectivity index (χ3n) is 2.85. The smallest absolute Gasteiger partial charge is 0.321 e. The van der Waals surface area contributed by atoms with Gasteiger partial charge < -0.3 is 14.8 Å². The van der Waals surface area contributed by atoms with Gasteiger partial charge in [-0.05, 0) is 37.5 Å². The number of nitrogens with one attached hydrogen (secondary N) is 2. The van der Waals surface area contributed by atoms with Gasteiger partial charge >= 0.3 is 6.03 Å². The number of aryl methyl sites for hydroxylation is 1. The fourth-order valence-electron chi connectivity index (χ4n) is 1.67. The molecule has 0 aliphatic heterocycles. The minimum atomic E-state index is -0.518. The van der Waals surface area contributed by atoms with Crippen LogP contribution in [0.2, 0.25) is 0 Å². The second kappa shape index (κ2) is 9.55. The number of benzene rings is 1. The number of Topliss-reactive ketones (excluding diaryl/α,β-unsaturated/α-hetero) is 1. The lowest BCUT2D eigenvalue weighted by atomic mass is 10.1. The zero-order valence-corrected chi connectivity index (χ0v) is 13.0. The first-order valence-corrected chi connectivity index (χ1v) is 7.30. The normalized spacial score (nSPS) is 9.91. The molecular weight excluding hydrogens is 284 g/mol. The molecule has 0 saturated heterocycles. The maximum atomic E-state index is 11.5. The number of carbonyl (C=O) groups is 3. The molecule has 0 aromatic heterocycles. The van der Waals surface area contributed by atoms with Crippen LogP contribution in [0.25, 0.3) is 0 Å². The Kier molecular flexibility index (Phi) is 7.67. The van der Waals surface area contributed by atoms with Gasteiger partial charge in [-0.25, -0.2) is 4.79 Å². The molecule has 3 amide bonds. The summed E-state index contributed by atoms with van der Waals surface area (Å²) in [5, 5.41) is 4.72. The molecule has 1 aromatic carbocycles. The number of hydrogen-bond donors (Lipinski definition) is 2. The maximum absolute atomic E-state index is 11.5. The minimum Gasteiger partial charge on any atom is -0.484 e. The van der Waals surface area contributed by atoms with Crippen LogP contribution in [0.1, 0.15) is 32.3 Å². The lowest BCUT2D eigenvalue weighted by molar-refractivity contribution is -0.122. The minimum absolute atomic E-state index is 0.151. The van der Waals surface area contributed by atoms with Crippen LogP contribution >= 0.6 is 0 Å². The molecule has 0 saturated carbocycles. The largest absolute Gasteiger partial charge is 0.484 e. The molecular formula is C16H22N2O4. The van der Waals surface area contributed by atoms with Gasteiger partial charge in [0.15, 0.2) is 6.61 Å². The predicted molar refractivity (Wildman–Crippen MR) is 82.8 cm³/mol. The quantitative estimate of drug-likeness (QED) is 0.767.